The molecule has 7 heteroatoms. The first-order valence-electron chi connectivity index (χ1n) is 8.43. The van der Waals surface area contributed by atoms with Crippen LogP contribution in [0.1, 0.15) is 10.4 Å². The molecule has 1 amide bonds. The molecule has 3 aromatic rings. The van der Waals surface area contributed by atoms with Crippen LogP contribution < -0.4 is 19.5 Å². The Morgan fingerprint density at radius 2 is 1.79 bits per heavy atom. The van der Waals surface area contributed by atoms with E-state index in [2.05, 4.69) is 5.32 Å². The van der Waals surface area contributed by atoms with E-state index < -0.39 is 11.9 Å². The van der Waals surface area contributed by atoms with Crippen LogP contribution in [0.4, 0.5) is 5.69 Å². The predicted molar refractivity (Wildman–Crippen MR) is 105 cm³/mol. The van der Waals surface area contributed by atoms with Crippen LogP contribution in [0.5, 0.6) is 17.2 Å². The maximum absolute atomic E-state index is 12.4. The molecular weight excluding hydrogens is 362 g/mol. The molecule has 0 aliphatic rings. The van der Waals surface area contributed by atoms with Gasteiger partial charge in [-0.2, -0.15) is 0 Å². The molecule has 0 saturated heterocycles. The van der Waals surface area contributed by atoms with E-state index >= 15 is 0 Å². The lowest BCUT2D eigenvalue weighted by Crippen LogP contribution is -2.21. The van der Waals surface area contributed by atoms with Crippen LogP contribution in [0.25, 0.3) is 10.8 Å². The smallest absolute Gasteiger partial charge is 0.339 e. The zero-order valence-corrected chi connectivity index (χ0v) is 15.4. The summed E-state index contributed by atoms with van der Waals surface area (Å²) in [6.07, 6.45) is 0. The van der Waals surface area contributed by atoms with Crippen LogP contribution >= 0.6 is 0 Å². The van der Waals surface area contributed by atoms with Gasteiger partial charge >= 0.3 is 5.97 Å². The van der Waals surface area contributed by atoms with Crippen LogP contribution in [0.2, 0.25) is 0 Å². The molecule has 0 bridgehead atoms. The highest BCUT2D eigenvalue weighted by Crippen LogP contribution is 2.31. The van der Waals surface area contributed by atoms with Crippen molar-refractivity contribution < 1.29 is 28.9 Å². The van der Waals surface area contributed by atoms with E-state index in [1.165, 1.54) is 20.3 Å². The molecule has 0 saturated carbocycles. The van der Waals surface area contributed by atoms with Gasteiger partial charge < -0.3 is 24.6 Å². The van der Waals surface area contributed by atoms with Gasteiger partial charge in [-0.1, -0.05) is 30.3 Å². The molecule has 0 aliphatic carbocycles. The Bertz CT molecular complexity index is 1030. The molecule has 2 N–H and O–H groups in total. The molecule has 0 spiro atoms. The minimum atomic E-state index is -1.13. The summed E-state index contributed by atoms with van der Waals surface area (Å²) in [7, 11) is 3.02. The summed E-state index contributed by atoms with van der Waals surface area (Å²) in [5.74, 6) is -0.398. The molecule has 28 heavy (non-hydrogen) atoms. The number of amides is 1. The summed E-state index contributed by atoms with van der Waals surface area (Å²) in [5.41, 5.74) is 0.446. The largest absolute Gasteiger partial charge is 0.497 e. The number of hydrogen-bond donors (Lipinski definition) is 2. The van der Waals surface area contributed by atoms with Crippen LogP contribution in [0.3, 0.4) is 0 Å². The Morgan fingerprint density at radius 1 is 1.00 bits per heavy atom. The first kappa shape index (κ1) is 19.0. The number of rotatable bonds is 7. The molecule has 0 fully saturated rings. The van der Waals surface area contributed by atoms with Crippen molar-refractivity contribution in [3.63, 3.8) is 0 Å². The standard InChI is InChI=1S/C21H19NO6/c1-26-14-8-10-17(18(11-14)27-2)22-19(23)12-28-20-15-6-4-3-5-13(15)7-9-16(20)21(24)25/h3-11H,12H2,1-2H3,(H,22,23)(H,24,25). The zero-order valence-electron chi connectivity index (χ0n) is 15.4. The van der Waals surface area contributed by atoms with Crippen molar-refractivity contribution in [2.75, 3.05) is 26.1 Å². The van der Waals surface area contributed by atoms with E-state index in [9.17, 15) is 14.7 Å². The highest BCUT2D eigenvalue weighted by atomic mass is 16.5. The zero-order chi connectivity index (χ0) is 20.1. The second kappa shape index (κ2) is 8.30. The fourth-order valence-electron chi connectivity index (χ4n) is 2.79. The molecule has 3 rings (SSSR count). The lowest BCUT2D eigenvalue weighted by molar-refractivity contribution is -0.118. The number of benzene rings is 3. The topological polar surface area (TPSA) is 94.1 Å². The summed E-state index contributed by atoms with van der Waals surface area (Å²) in [5, 5.41) is 13.6. The molecule has 7 nitrogen and oxygen atoms in total. The van der Waals surface area contributed by atoms with Gasteiger partial charge in [0.1, 0.15) is 22.8 Å². The average molecular weight is 381 g/mol. The Balaban J connectivity index is 1.80. The SMILES string of the molecule is COc1ccc(NC(=O)COc2c(C(=O)O)ccc3ccccc23)c(OC)c1. The minimum Gasteiger partial charge on any atom is -0.497 e. The number of hydrogen-bond acceptors (Lipinski definition) is 5. The molecule has 0 heterocycles. The summed E-state index contributed by atoms with van der Waals surface area (Å²) in [4.78, 5) is 23.9. The first-order valence-corrected chi connectivity index (χ1v) is 8.43. The van der Waals surface area contributed by atoms with Crippen LogP contribution in [-0.4, -0.2) is 37.8 Å². The lowest BCUT2D eigenvalue weighted by Gasteiger charge is -2.14. The number of carboxylic acid groups (broad SMARTS) is 1. The Morgan fingerprint density at radius 3 is 2.50 bits per heavy atom. The summed E-state index contributed by atoms with van der Waals surface area (Å²) < 4.78 is 16.0. The molecular formula is C21H19NO6. The summed E-state index contributed by atoms with van der Waals surface area (Å²) >= 11 is 0. The van der Waals surface area contributed by atoms with Gasteiger partial charge in [0.15, 0.2) is 6.61 Å². The highest BCUT2D eigenvalue weighted by Gasteiger charge is 2.17. The lowest BCUT2D eigenvalue weighted by atomic mass is 10.1. The molecule has 0 aromatic heterocycles. The fraction of sp³-hybridized carbons (Fsp3) is 0.143. The van der Waals surface area contributed by atoms with Gasteiger partial charge in [-0.3, -0.25) is 4.79 Å². The third-order valence-electron chi connectivity index (χ3n) is 4.14. The van der Waals surface area contributed by atoms with E-state index in [0.29, 0.717) is 22.6 Å². The van der Waals surface area contributed by atoms with Crippen molar-refractivity contribution in [1.82, 2.24) is 0 Å². The average Bonchev–Trinajstić information content (AvgIpc) is 2.71. The Hall–Kier alpha value is -3.74. The number of aromatic carboxylic acids is 1. The van der Waals surface area contributed by atoms with Gasteiger partial charge in [0, 0.05) is 11.5 Å². The van der Waals surface area contributed by atoms with Crippen LogP contribution in [-0.2, 0) is 4.79 Å². The normalized spacial score (nSPS) is 10.4. The number of ether oxygens (including phenoxy) is 3. The minimum absolute atomic E-state index is 0.00599. The van der Waals surface area contributed by atoms with Crippen molar-refractivity contribution >= 4 is 28.3 Å². The van der Waals surface area contributed by atoms with E-state index in [0.717, 1.165) is 5.39 Å². The van der Waals surface area contributed by atoms with Gasteiger partial charge in [0.2, 0.25) is 0 Å². The van der Waals surface area contributed by atoms with Gasteiger partial charge in [0.25, 0.3) is 5.91 Å². The quantitative estimate of drug-likeness (QED) is 0.650. The number of carboxylic acids is 1. The van der Waals surface area contributed by atoms with Gasteiger partial charge in [-0.05, 0) is 23.6 Å². The third kappa shape index (κ3) is 3.98. The number of anilines is 1. The number of methoxy groups -OCH3 is 2. The maximum atomic E-state index is 12.4. The fourth-order valence-corrected chi connectivity index (χ4v) is 2.79. The highest BCUT2D eigenvalue weighted by molar-refractivity contribution is 6.01. The molecule has 3 aromatic carbocycles. The first-order chi connectivity index (χ1) is 13.5. The Labute approximate surface area is 161 Å². The molecule has 0 aliphatic heterocycles. The van der Waals surface area contributed by atoms with E-state index in [-0.39, 0.29) is 17.9 Å². The maximum Gasteiger partial charge on any atom is 0.339 e. The van der Waals surface area contributed by atoms with Crippen molar-refractivity contribution in [2.45, 2.75) is 0 Å². The van der Waals surface area contributed by atoms with Crippen molar-refractivity contribution in [1.29, 1.82) is 0 Å². The number of nitrogens with one attached hydrogen (secondary N) is 1. The molecule has 0 unspecified atom stereocenters. The summed E-state index contributed by atoms with van der Waals surface area (Å²) in [6.45, 7) is -0.358. The molecule has 0 radical (unpaired) electrons. The number of carbonyl (C=O) groups is 2. The van der Waals surface area contributed by atoms with Gasteiger partial charge in [-0.15, -0.1) is 0 Å². The van der Waals surface area contributed by atoms with E-state index in [1.807, 2.05) is 12.1 Å². The summed E-state index contributed by atoms with van der Waals surface area (Å²) in [6, 6.07) is 15.4. The van der Waals surface area contributed by atoms with E-state index in [1.54, 1.807) is 36.4 Å². The molecule has 144 valence electrons. The van der Waals surface area contributed by atoms with Gasteiger partial charge in [0.05, 0.1) is 19.9 Å². The third-order valence-corrected chi connectivity index (χ3v) is 4.14. The predicted octanol–water partition coefficient (Wildman–Crippen LogP) is 3.57. The van der Waals surface area contributed by atoms with Crippen LogP contribution in [0, 0.1) is 0 Å². The second-order valence-corrected chi connectivity index (χ2v) is 5.87. The van der Waals surface area contributed by atoms with Crippen LogP contribution in [0.15, 0.2) is 54.6 Å². The van der Waals surface area contributed by atoms with Crippen molar-refractivity contribution in [3.8, 4) is 17.2 Å². The van der Waals surface area contributed by atoms with Crippen molar-refractivity contribution in [2.24, 2.45) is 0 Å². The Kier molecular flexibility index (Phi) is 5.64. The van der Waals surface area contributed by atoms with Gasteiger partial charge in [-0.25, -0.2) is 4.79 Å². The number of fused-ring (bicyclic) bond motifs is 1. The molecule has 0 atom stereocenters. The van der Waals surface area contributed by atoms with E-state index in [4.69, 9.17) is 14.2 Å². The number of carbonyl (C=O) groups excluding carboxylic acids is 1. The monoisotopic (exact) mass is 381 g/mol. The second-order valence-electron chi connectivity index (χ2n) is 5.87. The van der Waals surface area contributed by atoms with Crippen molar-refractivity contribution in [3.05, 3.63) is 60.2 Å².